The first kappa shape index (κ1) is 12.8. The zero-order valence-corrected chi connectivity index (χ0v) is 11.7. The molecule has 0 N–H and O–H groups in total. The van der Waals surface area contributed by atoms with Gasteiger partial charge >= 0.3 is 0 Å². The molecule has 2 rings (SSSR count). The zero-order valence-electron chi connectivity index (χ0n) is 10.2. The van der Waals surface area contributed by atoms with Gasteiger partial charge in [-0.25, -0.2) is 0 Å². The van der Waals surface area contributed by atoms with E-state index in [-0.39, 0.29) is 5.92 Å². The Morgan fingerprint density at radius 3 is 2.82 bits per heavy atom. The molecule has 1 atom stereocenters. The predicted molar refractivity (Wildman–Crippen MR) is 72.8 cm³/mol. The highest BCUT2D eigenvalue weighted by atomic mass is 79.9. The van der Waals surface area contributed by atoms with Crippen molar-refractivity contribution in [2.24, 2.45) is 5.92 Å². The summed E-state index contributed by atoms with van der Waals surface area (Å²) >= 11 is 3.56. The minimum absolute atomic E-state index is 0.266. The summed E-state index contributed by atoms with van der Waals surface area (Å²) in [5.41, 5.74) is 1.28. The molecule has 0 amide bonds. The lowest BCUT2D eigenvalue weighted by atomic mass is 10.1. The van der Waals surface area contributed by atoms with Gasteiger partial charge in [-0.05, 0) is 31.5 Å². The molecule has 0 aliphatic heterocycles. The van der Waals surface area contributed by atoms with Gasteiger partial charge in [0.2, 0.25) is 0 Å². The van der Waals surface area contributed by atoms with Crippen LogP contribution < -0.4 is 0 Å². The van der Waals surface area contributed by atoms with Crippen LogP contribution in [0.2, 0.25) is 0 Å². The van der Waals surface area contributed by atoms with Gasteiger partial charge in [0.1, 0.15) is 5.78 Å². The summed E-state index contributed by atoms with van der Waals surface area (Å²) in [7, 11) is 2.09. The molecule has 1 unspecified atom stereocenters. The van der Waals surface area contributed by atoms with E-state index in [0.29, 0.717) is 5.78 Å². The normalized spacial score (nSPS) is 20.2. The van der Waals surface area contributed by atoms with Crippen LogP contribution in [0, 0.1) is 5.92 Å². The van der Waals surface area contributed by atoms with Crippen molar-refractivity contribution in [3.05, 3.63) is 34.3 Å². The van der Waals surface area contributed by atoms with Crippen molar-refractivity contribution in [1.82, 2.24) is 4.90 Å². The maximum atomic E-state index is 11.6. The van der Waals surface area contributed by atoms with Crippen molar-refractivity contribution < 1.29 is 4.79 Å². The molecule has 92 valence electrons. The first-order chi connectivity index (χ1) is 8.16. The maximum absolute atomic E-state index is 11.6. The van der Waals surface area contributed by atoms with Crippen LogP contribution in [0.5, 0.6) is 0 Å². The average Bonchev–Trinajstić information content (AvgIpc) is 2.68. The molecule has 0 saturated heterocycles. The van der Waals surface area contributed by atoms with Crippen LogP contribution in [0.25, 0.3) is 0 Å². The van der Waals surface area contributed by atoms with Gasteiger partial charge in [-0.1, -0.05) is 34.1 Å². The number of carbonyl (C=O) groups is 1. The van der Waals surface area contributed by atoms with E-state index < -0.39 is 0 Å². The third kappa shape index (κ3) is 3.39. The molecule has 1 saturated carbocycles. The Bertz CT molecular complexity index is 405. The number of nitrogens with zero attached hydrogens (tertiary/aromatic N) is 1. The molecule has 0 aromatic heterocycles. The summed E-state index contributed by atoms with van der Waals surface area (Å²) in [4.78, 5) is 13.8. The predicted octanol–water partition coefficient (Wildman–Crippen LogP) is 3.25. The van der Waals surface area contributed by atoms with Crippen molar-refractivity contribution in [3.63, 3.8) is 0 Å². The Balaban J connectivity index is 1.91. The smallest absolute Gasteiger partial charge is 0.137 e. The van der Waals surface area contributed by atoms with Crippen LogP contribution in [-0.4, -0.2) is 24.3 Å². The van der Waals surface area contributed by atoms with E-state index in [1.165, 1.54) is 5.56 Å². The minimum Gasteiger partial charge on any atom is -0.301 e. The Kier molecular flexibility index (Phi) is 4.35. The van der Waals surface area contributed by atoms with Gasteiger partial charge in [-0.2, -0.15) is 0 Å². The molecular formula is C14H18BrNO. The van der Waals surface area contributed by atoms with Gasteiger partial charge < -0.3 is 4.90 Å². The Morgan fingerprint density at radius 2 is 2.18 bits per heavy atom. The van der Waals surface area contributed by atoms with Gasteiger partial charge in [-0.15, -0.1) is 0 Å². The Morgan fingerprint density at radius 1 is 1.41 bits per heavy atom. The monoisotopic (exact) mass is 295 g/mol. The van der Waals surface area contributed by atoms with E-state index in [9.17, 15) is 4.79 Å². The fourth-order valence-corrected chi connectivity index (χ4v) is 2.85. The average molecular weight is 296 g/mol. The van der Waals surface area contributed by atoms with E-state index in [1.807, 2.05) is 6.07 Å². The summed E-state index contributed by atoms with van der Waals surface area (Å²) in [6.07, 6.45) is 2.93. The Labute approximate surface area is 111 Å². The number of rotatable bonds is 4. The molecule has 1 aliphatic rings. The molecule has 1 fully saturated rings. The molecule has 2 nitrogen and oxygen atoms in total. The second-order valence-electron chi connectivity index (χ2n) is 4.84. The zero-order chi connectivity index (χ0) is 12.3. The highest BCUT2D eigenvalue weighted by Gasteiger charge is 2.25. The number of Topliss-reactive ketones (excluding diaryl/α,β-unsaturated/α-hetero) is 1. The van der Waals surface area contributed by atoms with Crippen molar-refractivity contribution in [2.45, 2.75) is 25.8 Å². The van der Waals surface area contributed by atoms with Crippen LogP contribution >= 0.6 is 15.9 Å². The lowest BCUT2D eigenvalue weighted by molar-refractivity contribution is -0.121. The molecular weight excluding hydrogens is 278 g/mol. The fraction of sp³-hybridized carbons (Fsp3) is 0.500. The van der Waals surface area contributed by atoms with Gasteiger partial charge in [0.25, 0.3) is 0 Å². The molecule has 1 aromatic rings. The Hall–Kier alpha value is -0.670. The number of carbonyl (C=O) groups excluding carboxylic acids is 1. The summed E-state index contributed by atoms with van der Waals surface area (Å²) < 4.78 is 1.14. The molecule has 0 spiro atoms. The first-order valence-corrected chi connectivity index (χ1v) is 6.91. The lowest BCUT2D eigenvalue weighted by Crippen LogP contribution is -2.27. The van der Waals surface area contributed by atoms with E-state index in [2.05, 4.69) is 46.1 Å². The highest BCUT2D eigenvalue weighted by Crippen LogP contribution is 2.23. The van der Waals surface area contributed by atoms with Crippen LogP contribution in [0.15, 0.2) is 28.7 Å². The van der Waals surface area contributed by atoms with Crippen LogP contribution in [-0.2, 0) is 11.3 Å². The summed E-state index contributed by atoms with van der Waals surface area (Å²) in [5, 5.41) is 0. The molecule has 17 heavy (non-hydrogen) atoms. The van der Waals surface area contributed by atoms with Gasteiger partial charge in [0.05, 0.1) is 0 Å². The largest absolute Gasteiger partial charge is 0.301 e. The van der Waals surface area contributed by atoms with Gasteiger partial charge in [0.15, 0.2) is 0 Å². The van der Waals surface area contributed by atoms with Crippen LogP contribution in [0.3, 0.4) is 0 Å². The third-order valence-electron chi connectivity index (χ3n) is 3.36. The van der Waals surface area contributed by atoms with Crippen LogP contribution in [0.1, 0.15) is 24.8 Å². The highest BCUT2D eigenvalue weighted by molar-refractivity contribution is 9.10. The van der Waals surface area contributed by atoms with Crippen molar-refractivity contribution in [3.8, 4) is 0 Å². The SMILES string of the molecule is CN(Cc1ccccc1Br)CC1CCCC1=O. The number of halogens is 1. The molecule has 1 aromatic carbocycles. The number of hydrogen-bond acceptors (Lipinski definition) is 2. The topological polar surface area (TPSA) is 20.3 Å². The summed E-state index contributed by atoms with van der Waals surface area (Å²) in [6, 6.07) is 8.25. The van der Waals surface area contributed by atoms with E-state index in [0.717, 1.165) is 36.8 Å². The summed E-state index contributed by atoms with van der Waals surface area (Å²) in [5.74, 6) is 0.714. The second-order valence-corrected chi connectivity index (χ2v) is 5.70. The quantitative estimate of drug-likeness (QED) is 0.850. The van der Waals surface area contributed by atoms with E-state index in [1.54, 1.807) is 0 Å². The molecule has 3 heteroatoms. The molecule has 0 bridgehead atoms. The standard InChI is InChI=1S/C14H18BrNO/c1-16(10-12-6-4-8-14(12)17)9-11-5-2-3-7-13(11)15/h2-3,5,7,12H,4,6,8-10H2,1H3. The molecule has 0 heterocycles. The number of ketones is 1. The first-order valence-electron chi connectivity index (χ1n) is 6.11. The minimum atomic E-state index is 0.266. The van der Waals surface area contributed by atoms with Crippen molar-refractivity contribution in [1.29, 1.82) is 0 Å². The maximum Gasteiger partial charge on any atom is 0.137 e. The molecule has 0 radical (unpaired) electrons. The van der Waals surface area contributed by atoms with E-state index >= 15 is 0 Å². The van der Waals surface area contributed by atoms with Gasteiger partial charge in [0, 0.05) is 29.9 Å². The second kappa shape index (κ2) is 5.78. The summed E-state index contributed by atoms with van der Waals surface area (Å²) in [6.45, 7) is 1.78. The fourth-order valence-electron chi connectivity index (χ4n) is 2.44. The third-order valence-corrected chi connectivity index (χ3v) is 4.13. The van der Waals surface area contributed by atoms with Crippen molar-refractivity contribution >= 4 is 21.7 Å². The van der Waals surface area contributed by atoms with Gasteiger partial charge in [-0.3, -0.25) is 4.79 Å². The number of hydrogen-bond donors (Lipinski definition) is 0. The molecule has 1 aliphatic carbocycles. The van der Waals surface area contributed by atoms with Crippen molar-refractivity contribution in [2.75, 3.05) is 13.6 Å². The number of benzene rings is 1. The lowest BCUT2D eigenvalue weighted by Gasteiger charge is -2.20. The van der Waals surface area contributed by atoms with E-state index in [4.69, 9.17) is 0 Å². The van der Waals surface area contributed by atoms with Crippen LogP contribution in [0.4, 0.5) is 0 Å².